The third-order valence-corrected chi connectivity index (χ3v) is 14.1. The van der Waals surface area contributed by atoms with Gasteiger partial charge in [0, 0.05) is 24.0 Å². The molecule has 0 unspecified atom stereocenters. The zero-order valence-electron chi connectivity index (χ0n) is 35.1. The number of piperidine rings is 1. The second-order valence-corrected chi connectivity index (χ2v) is 20.2. The normalized spacial score (nSPS) is 27.8. The van der Waals surface area contributed by atoms with E-state index >= 15 is 4.79 Å². The molecule has 2 aliphatic heterocycles. The Labute approximate surface area is 323 Å². The van der Waals surface area contributed by atoms with Crippen LogP contribution in [0.4, 0.5) is 0 Å². The van der Waals surface area contributed by atoms with Crippen LogP contribution in [0.25, 0.3) is 0 Å². The van der Waals surface area contributed by atoms with Crippen LogP contribution in [-0.4, -0.2) is 101 Å². The first-order valence-electron chi connectivity index (χ1n) is 20.8. The van der Waals surface area contributed by atoms with Gasteiger partial charge in [-0.05, 0) is 93.4 Å². The molecule has 3 aliphatic carbocycles. The summed E-state index contributed by atoms with van der Waals surface area (Å²) in [4.78, 5) is 87.6. The van der Waals surface area contributed by atoms with Crippen LogP contribution in [-0.2, 0) is 28.8 Å². The van der Waals surface area contributed by atoms with Crippen molar-refractivity contribution in [3.05, 3.63) is 0 Å². The molecule has 0 bridgehead atoms. The van der Waals surface area contributed by atoms with E-state index < -0.39 is 58.5 Å². The quantitative estimate of drug-likeness (QED) is 0.205. The predicted molar refractivity (Wildman–Crippen MR) is 208 cm³/mol. The summed E-state index contributed by atoms with van der Waals surface area (Å²) < 4.78 is 0. The second-order valence-electron chi connectivity index (χ2n) is 20.2. The summed E-state index contributed by atoms with van der Waals surface area (Å²) in [6.45, 7) is 23.2. The number of ketones is 1. The minimum atomic E-state index is -1.00. The molecular weight excluding hydrogens is 684 g/mol. The lowest BCUT2D eigenvalue weighted by Crippen LogP contribution is -2.64. The molecule has 12 heteroatoms. The number of fused-ring (bicyclic) bond motifs is 1. The Bertz CT molecular complexity index is 1490. The van der Waals surface area contributed by atoms with E-state index in [1.807, 2.05) is 48.5 Å². The van der Waals surface area contributed by atoms with Crippen LogP contribution >= 0.6 is 0 Å². The number of rotatable bonds is 13. The maximum Gasteiger partial charge on any atom is 0.289 e. The van der Waals surface area contributed by atoms with Crippen LogP contribution in [0.5, 0.6) is 0 Å². The van der Waals surface area contributed by atoms with E-state index in [1.165, 1.54) is 0 Å². The summed E-state index contributed by atoms with van der Waals surface area (Å²) in [7, 11) is 0. The fraction of sp³-hybridized carbons (Fsp3) is 0.857. The van der Waals surface area contributed by atoms with Gasteiger partial charge in [0.2, 0.25) is 29.4 Å². The Hall–Kier alpha value is -3.02. The number of Topliss-reactive ketones (excluding diaryl/α,β-unsaturated/α-hetero) is 1. The van der Waals surface area contributed by atoms with Gasteiger partial charge in [0.15, 0.2) is 0 Å². The molecule has 0 aromatic rings. The number of likely N-dealkylation sites (tertiary alicyclic amines) is 2. The lowest BCUT2D eigenvalue weighted by Gasteiger charge is -2.40. The molecule has 6 atom stereocenters. The molecule has 5 amide bonds. The van der Waals surface area contributed by atoms with Gasteiger partial charge in [-0.3, -0.25) is 33.7 Å². The van der Waals surface area contributed by atoms with Crippen molar-refractivity contribution in [3.63, 3.8) is 0 Å². The van der Waals surface area contributed by atoms with Crippen LogP contribution in [0.2, 0.25) is 0 Å². The fourth-order valence-corrected chi connectivity index (χ4v) is 10.3. The van der Waals surface area contributed by atoms with E-state index in [2.05, 4.69) is 53.9 Å². The number of carbonyl (C=O) groups excluding carboxylic acids is 6. The summed E-state index contributed by atoms with van der Waals surface area (Å²) >= 11 is 0. The first kappa shape index (κ1) is 42.1. The maximum absolute atomic E-state index is 15.0. The Balaban J connectivity index is 1.41. The van der Waals surface area contributed by atoms with Crippen molar-refractivity contribution in [2.45, 2.75) is 189 Å². The van der Waals surface area contributed by atoms with Crippen molar-refractivity contribution >= 4 is 35.3 Å². The van der Waals surface area contributed by atoms with Crippen LogP contribution in [0, 0.1) is 27.1 Å². The molecule has 2 saturated heterocycles. The van der Waals surface area contributed by atoms with Crippen molar-refractivity contribution in [1.82, 2.24) is 31.1 Å². The van der Waals surface area contributed by atoms with Gasteiger partial charge in [-0.25, -0.2) is 0 Å². The largest absolute Gasteiger partial charge is 0.347 e. The molecule has 2 spiro atoms. The summed E-state index contributed by atoms with van der Waals surface area (Å²) in [6, 6.07) is -3.92. The number of nitrogens with one attached hydrogen (secondary N) is 4. The zero-order valence-corrected chi connectivity index (χ0v) is 35.1. The molecule has 5 fully saturated rings. The third-order valence-electron chi connectivity index (χ3n) is 14.1. The molecule has 0 aromatic heterocycles. The summed E-state index contributed by atoms with van der Waals surface area (Å²) in [5.74, 6) is -2.76. The van der Waals surface area contributed by atoms with Gasteiger partial charge in [0.1, 0.15) is 18.1 Å². The SMILES string of the molecule is CCC[C@H](NC(=O)[C@@H]1C[C@@]2(CN1C(=O)[C@@H](NC(=O)[C@@H](NC(=O)[C@@H]1CCCCN1C(C)C)C(C)(C)C)C(C)(C)C)C(C)(C)C21CCC1)C(=O)C(=O)NC1CC1. The molecule has 0 radical (unpaired) electrons. The standard InChI is InChI=1S/C42H70N6O6/c1-12-16-27(30(49)35(52)43-26-18-19-26)44-34(51)29-23-42(40(10,11)41(42)20-15-21-41)24-48(29)37(54)32(39(7,8)9)46-36(53)31(38(4,5)6)45-33(50)28-17-13-14-22-47(28)25(2)3/h25-29,31-32H,12-24H2,1-11H3,(H,43,52)(H,44,51)(H,45,50)(H,46,53)/t27-,28-,29-,31+,32+,42+/m0/s1. The molecular formula is C42H70N6O6. The Morgan fingerprint density at radius 3 is 1.87 bits per heavy atom. The van der Waals surface area contributed by atoms with E-state index in [1.54, 1.807) is 4.90 Å². The molecule has 0 aromatic carbocycles. The Kier molecular flexibility index (Phi) is 11.8. The van der Waals surface area contributed by atoms with Crippen molar-refractivity contribution < 1.29 is 28.8 Å². The number of amides is 5. The van der Waals surface area contributed by atoms with Gasteiger partial charge < -0.3 is 26.2 Å². The maximum atomic E-state index is 15.0. The molecule has 54 heavy (non-hydrogen) atoms. The van der Waals surface area contributed by atoms with Gasteiger partial charge in [-0.2, -0.15) is 0 Å². The highest BCUT2D eigenvalue weighted by molar-refractivity contribution is 6.38. The van der Waals surface area contributed by atoms with Gasteiger partial charge in [-0.15, -0.1) is 0 Å². The highest BCUT2D eigenvalue weighted by Crippen LogP contribution is 2.88. The monoisotopic (exact) mass is 755 g/mol. The molecule has 5 aliphatic rings. The molecule has 12 nitrogen and oxygen atoms in total. The summed E-state index contributed by atoms with van der Waals surface area (Å²) in [5, 5.41) is 11.8. The summed E-state index contributed by atoms with van der Waals surface area (Å²) in [6.07, 6.45) is 8.91. The number of hydrogen-bond acceptors (Lipinski definition) is 7. The number of carbonyl (C=O) groups is 6. The highest BCUT2D eigenvalue weighted by atomic mass is 16.2. The first-order chi connectivity index (χ1) is 25.0. The minimum absolute atomic E-state index is 0.00994. The molecule has 5 rings (SSSR count). The van der Waals surface area contributed by atoms with E-state index in [4.69, 9.17) is 0 Å². The predicted octanol–water partition coefficient (Wildman–Crippen LogP) is 4.24. The fourth-order valence-electron chi connectivity index (χ4n) is 10.3. The van der Waals surface area contributed by atoms with Gasteiger partial charge in [0.25, 0.3) is 5.91 Å². The molecule has 304 valence electrons. The number of hydrogen-bond donors (Lipinski definition) is 4. The first-order valence-corrected chi connectivity index (χ1v) is 20.8. The summed E-state index contributed by atoms with van der Waals surface area (Å²) in [5.41, 5.74) is -1.76. The Morgan fingerprint density at radius 2 is 1.37 bits per heavy atom. The number of nitrogens with zero attached hydrogens (tertiary/aromatic N) is 2. The van der Waals surface area contributed by atoms with E-state index in [9.17, 15) is 24.0 Å². The van der Waals surface area contributed by atoms with Gasteiger partial charge >= 0.3 is 0 Å². The van der Waals surface area contributed by atoms with Crippen molar-refractivity contribution in [3.8, 4) is 0 Å². The van der Waals surface area contributed by atoms with E-state index in [0.29, 0.717) is 25.8 Å². The van der Waals surface area contributed by atoms with E-state index in [-0.39, 0.29) is 46.2 Å². The van der Waals surface area contributed by atoms with Gasteiger partial charge in [0.05, 0.1) is 12.1 Å². The van der Waals surface area contributed by atoms with Crippen LogP contribution < -0.4 is 21.3 Å². The smallest absolute Gasteiger partial charge is 0.289 e. The van der Waals surface area contributed by atoms with Crippen LogP contribution in [0.15, 0.2) is 0 Å². The van der Waals surface area contributed by atoms with Crippen molar-refractivity contribution in [1.29, 1.82) is 0 Å². The lowest BCUT2D eigenvalue weighted by molar-refractivity contribution is -0.146. The minimum Gasteiger partial charge on any atom is -0.347 e. The Morgan fingerprint density at radius 1 is 0.759 bits per heavy atom. The van der Waals surface area contributed by atoms with Gasteiger partial charge in [-0.1, -0.05) is 81.6 Å². The molecule has 2 heterocycles. The van der Waals surface area contributed by atoms with Crippen molar-refractivity contribution in [2.75, 3.05) is 13.1 Å². The molecule has 4 N–H and O–H groups in total. The average molecular weight is 755 g/mol. The van der Waals surface area contributed by atoms with Crippen molar-refractivity contribution in [2.24, 2.45) is 27.1 Å². The van der Waals surface area contributed by atoms with Crippen LogP contribution in [0.3, 0.4) is 0 Å². The second kappa shape index (κ2) is 15.1. The van der Waals surface area contributed by atoms with E-state index in [0.717, 1.165) is 57.9 Å². The third kappa shape index (κ3) is 7.70. The van der Waals surface area contributed by atoms with Crippen LogP contribution in [0.1, 0.15) is 147 Å². The zero-order chi connectivity index (χ0) is 40.2. The average Bonchev–Trinajstić information content (AvgIpc) is 3.89. The molecule has 3 saturated carbocycles. The highest BCUT2D eigenvalue weighted by Gasteiger charge is 2.85. The topological polar surface area (TPSA) is 157 Å². The lowest BCUT2D eigenvalue weighted by atomic mass is 9.73.